The molecule has 0 saturated heterocycles. The van der Waals surface area contributed by atoms with Crippen LogP contribution in [0.3, 0.4) is 0 Å². The molecule has 0 spiro atoms. The van der Waals surface area contributed by atoms with Crippen LogP contribution in [0.25, 0.3) is 0 Å². The molecule has 12 heteroatoms. The van der Waals surface area contributed by atoms with E-state index in [1.807, 2.05) is 26.0 Å². The van der Waals surface area contributed by atoms with E-state index in [0.29, 0.717) is 12.8 Å². The number of carbonyl (C=O) groups excluding carboxylic acids is 2. The molecule has 0 aliphatic rings. The van der Waals surface area contributed by atoms with Gasteiger partial charge in [0.2, 0.25) is 15.9 Å². The predicted octanol–water partition coefficient (Wildman–Crippen LogP) is 0.0362. The molecule has 0 bridgehead atoms. The lowest BCUT2D eigenvalue weighted by atomic mass is 9.75. The minimum Gasteiger partial charge on any atom is -0.426 e. The molecule has 2 amide bonds. The standard InChI is InChI=1S/C22H33BN4O6S/c1-16(2)13-18(15-24)21(28)25-12-8-7-11-19(27-34(3,32)33)22(29)26-20(23(30)31)14-17-9-5-4-6-10-17/h4-6,9-10,13,16,19-20,27,30-31H,7-8,11-12,14H2,1-3H3,(H,25,28)(H,26,29)/b18-13+/t19-,20-/m0/s1. The predicted molar refractivity (Wildman–Crippen MR) is 129 cm³/mol. The zero-order chi connectivity index (χ0) is 25.7. The van der Waals surface area contributed by atoms with Crippen molar-refractivity contribution < 1.29 is 28.1 Å². The molecule has 0 saturated carbocycles. The molecule has 1 aromatic rings. The van der Waals surface area contributed by atoms with Crippen molar-refractivity contribution in [1.82, 2.24) is 15.4 Å². The van der Waals surface area contributed by atoms with Crippen molar-refractivity contribution in [2.75, 3.05) is 12.8 Å². The lowest BCUT2D eigenvalue weighted by Gasteiger charge is -2.22. The maximum absolute atomic E-state index is 12.8. The van der Waals surface area contributed by atoms with Crippen molar-refractivity contribution in [2.45, 2.75) is 51.5 Å². The first-order valence-corrected chi connectivity index (χ1v) is 12.9. The molecule has 10 nitrogen and oxygen atoms in total. The van der Waals surface area contributed by atoms with Crippen LogP contribution in [-0.2, 0) is 26.0 Å². The zero-order valence-electron chi connectivity index (χ0n) is 19.7. The Labute approximate surface area is 201 Å². The lowest BCUT2D eigenvalue weighted by molar-refractivity contribution is -0.123. The minimum absolute atomic E-state index is 0.0259. The molecule has 2 atom stereocenters. The first-order chi connectivity index (χ1) is 15.9. The van der Waals surface area contributed by atoms with Crippen LogP contribution in [-0.4, -0.2) is 62.2 Å². The fraction of sp³-hybridized carbons (Fsp3) is 0.500. The summed E-state index contributed by atoms with van der Waals surface area (Å²) >= 11 is 0. The van der Waals surface area contributed by atoms with Crippen LogP contribution < -0.4 is 15.4 Å². The molecular weight excluding hydrogens is 459 g/mol. The molecule has 5 N–H and O–H groups in total. The lowest BCUT2D eigenvalue weighted by Crippen LogP contribution is -2.54. The van der Waals surface area contributed by atoms with Crippen LogP contribution in [0.2, 0.25) is 0 Å². The van der Waals surface area contributed by atoms with Crippen molar-refractivity contribution in [2.24, 2.45) is 5.92 Å². The van der Waals surface area contributed by atoms with E-state index in [9.17, 15) is 28.1 Å². The summed E-state index contributed by atoms with van der Waals surface area (Å²) in [6.07, 6.45) is 3.60. The average molecular weight is 492 g/mol. The maximum atomic E-state index is 12.8. The van der Waals surface area contributed by atoms with E-state index in [-0.39, 0.29) is 30.9 Å². The number of allylic oxidation sites excluding steroid dienone is 1. The first-order valence-electron chi connectivity index (χ1n) is 11.0. The van der Waals surface area contributed by atoms with Gasteiger partial charge in [-0.2, -0.15) is 5.26 Å². The summed E-state index contributed by atoms with van der Waals surface area (Å²) in [6, 6.07) is 9.65. The topological polar surface area (TPSA) is 169 Å². The van der Waals surface area contributed by atoms with Gasteiger partial charge in [-0.25, -0.2) is 13.1 Å². The number of amides is 2. The number of nitrogens with one attached hydrogen (secondary N) is 3. The third-order valence-electron chi connectivity index (χ3n) is 4.73. The Hall–Kier alpha value is -2.72. The molecule has 0 fully saturated rings. The van der Waals surface area contributed by atoms with E-state index >= 15 is 0 Å². The van der Waals surface area contributed by atoms with Gasteiger partial charge in [0.15, 0.2) is 0 Å². The van der Waals surface area contributed by atoms with Gasteiger partial charge in [-0.3, -0.25) is 9.59 Å². The molecule has 0 heterocycles. The Balaban J connectivity index is 2.69. The van der Waals surface area contributed by atoms with E-state index < -0.39 is 40.9 Å². The van der Waals surface area contributed by atoms with Crippen LogP contribution in [0.15, 0.2) is 42.0 Å². The molecule has 0 aromatic heterocycles. The molecule has 1 aromatic carbocycles. The Morgan fingerprint density at radius 2 is 1.82 bits per heavy atom. The molecule has 0 aliphatic heterocycles. The zero-order valence-corrected chi connectivity index (χ0v) is 20.5. The highest BCUT2D eigenvalue weighted by atomic mass is 32.2. The number of nitrogens with zero attached hydrogens (tertiary/aromatic N) is 1. The van der Waals surface area contributed by atoms with E-state index in [1.54, 1.807) is 30.3 Å². The summed E-state index contributed by atoms with van der Waals surface area (Å²) in [6.45, 7) is 3.95. The molecule has 0 radical (unpaired) electrons. The summed E-state index contributed by atoms with van der Waals surface area (Å²) in [4.78, 5) is 24.8. The van der Waals surface area contributed by atoms with Gasteiger partial charge >= 0.3 is 7.12 Å². The van der Waals surface area contributed by atoms with Gasteiger partial charge in [0.25, 0.3) is 5.91 Å². The fourth-order valence-corrected chi connectivity index (χ4v) is 3.89. The summed E-state index contributed by atoms with van der Waals surface area (Å²) in [7, 11) is -5.56. The van der Waals surface area contributed by atoms with Crippen LogP contribution >= 0.6 is 0 Å². The molecule has 186 valence electrons. The Kier molecular flexibility index (Phi) is 12.5. The number of hydrogen-bond donors (Lipinski definition) is 5. The van der Waals surface area contributed by atoms with Crippen molar-refractivity contribution in [3.63, 3.8) is 0 Å². The first kappa shape index (κ1) is 29.3. The molecule has 0 aliphatic carbocycles. The number of carbonyl (C=O) groups is 2. The van der Waals surface area contributed by atoms with Gasteiger partial charge < -0.3 is 20.7 Å². The van der Waals surface area contributed by atoms with Crippen LogP contribution in [0, 0.1) is 17.2 Å². The van der Waals surface area contributed by atoms with Gasteiger partial charge in [0.05, 0.1) is 12.2 Å². The highest BCUT2D eigenvalue weighted by Gasteiger charge is 2.29. The van der Waals surface area contributed by atoms with Gasteiger partial charge in [-0.05, 0) is 37.2 Å². The number of hydrogen-bond acceptors (Lipinski definition) is 7. The molecule has 1 rings (SSSR count). The summed E-state index contributed by atoms with van der Waals surface area (Å²) in [5.41, 5.74) is 0.797. The smallest absolute Gasteiger partial charge is 0.426 e. The number of sulfonamides is 1. The van der Waals surface area contributed by atoms with E-state index in [2.05, 4.69) is 15.4 Å². The monoisotopic (exact) mass is 492 g/mol. The van der Waals surface area contributed by atoms with Crippen LogP contribution in [0.1, 0.15) is 38.7 Å². The largest absolute Gasteiger partial charge is 0.475 e. The van der Waals surface area contributed by atoms with Gasteiger partial charge in [-0.15, -0.1) is 0 Å². The summed E-state index contributed by atoms with van der Waals surface area (Å²) in [5.74, 6) is -2.16. The Morgan fingerprint density at radius 3 is 2.35 bits per heavy atom. The second kappa shape index (κ2) is 14.5. The molecule has 34 heavy (non-hydrogen) atoms. The van der Waals surface area contributed by atoms with E-state index in [0.717, 1.165) is 11.8 Å². The maximum Gasteiger partial charge on any atom is 0.475 e. The fourth-order valence-electron chi connectivity index (χ4n) is 3.15. The van der Waals surface area contributed by atoms with Gasteiger partial charge in [0.1, 0.15) is 17.7 Å². The van der Waals surface area contributed by atoms with Crippen LogP contribution in [0.5, 0.6) is 0 Å². The minimum atomic E-state index is -3.71. The number of unbranched alkanes of at least 4 members (excludes halogenated alkanes) is 1. The second-order valence-electron chi connectivity index (χ2n) is 8.35. The number of rotatable bonds is 14. The van der Waals surface area contributed by atoms with Gasteiger partial charge in [-0.1, -0.05) is 50.3 Å². The van der Waals surface area contributed by atoms with Gasteiger partial charge in [0, 0.05) is 6.54 Å². The van der Waals surface area contributed by atoms with Crippen molar-refractivity contribution in [1.29, 1.82) is 5.26 Å². The van der Waals surface area contributed by atoms with Crippen molar-refractivity contribution >= 4 is 29.0 Å². The highest BCUT2D eigenvalue weighted by molar-refractivity contribution is 7.88. The Bertz CT molecular complexity index is 977. The van der Waals surface area contributed by atoms with E-state index in [1.165, 1.54) is 0 Å². The average Bonchev–Trinajstić information content (AvgIpc) is 2.75. The summed E-state index contributed by atoms with van der Waals surface area (Å²) in [5, 5.41) is 33.6. The number of nitriles is 1. The van der Waals surface area contributed by atoms with Crippen LogP contribution in [0.4, 0.5) is 0 Å². The highest BCUT2D eigenvalue weighted by Crippen LogP contribution is 2.08. The summed E-state index contributed by atoms with van der Waals surface area (Å²) < 4.78 is 25.8. The third-order valence-corrected chi connectivity index (χ3v) is 5.44. The quantitative estimate of drug-likeness (QED) is 0.106. The van der Waals surface area contributed by atoms with Crippen molar-refractivity contribution in [3.8, 4) is 6.07 Å². The Morgan fingerprint density at radius 1 is 1.18 bits per heavy atom. The third kappa shape index (κ3) is 11.9. The number of benzene rings is 1. The normalized spacial score (nSPS) is 13.6. The molecule has 0 unspecified atom stereocenters. The molecular formula is C22H33BN4O6S. The van der Waals surface area contributed by atoms with E-state index in [4.69, 9.17) is 5.26 Å². The SMILES string of the molecule is CC(C)/C=C(\C#N)C(=O)NCCCC[C@H](NS(C)(=O)=O)C(=O)N[C@@H](Cc1ccccc1)B(O)O. The van der Waals surface area contributed by atoms with Crippen molar-refractivity contribution in [3.05, 3.63) is 47.5 Å². The second-order valence-corrected chi connectivity index (χ2v) is 10.1.